The largest absolute Gasteiger partial charge is 0.347 e. The minimum Gasteiger partial charge on any atom is -0.347 e. The Morgan fingerprint density at radius 3 is 2.65 bits per heavy atom. The highest BCUT2D eigenvalue weighted by Crippen LogP contribution is 2.22. The topological polar surface area (TPSA) is 40.6 Å². The van der Waals surface area contributed by atoms with Gasteiger partial charge in [-0.3, -0.25) is 9.59 Å². The Labute approximate surface area is 106 Å². The number of nitrogens with zero attached hydrogens (tertiary/aromatic N) is 2. The van der Waals surface area contributed by atoms with Crippen LogP contribution in [0.25, 0.3) is 0 Å². The Kier molecular flexibility index (Phi) is 5.28. The molecule has 0 spiro atoms. The second kappa shape index (κ2) is 6.49. The maximum Gasteiger partial charge on any atom is 0.247 e. The lowest BCUT2D eigenvalue weighted by molar-refractivity contribution is -0.139. The van der Waals surface area contributed by atoms with E-state index in [4.69, 9.17) is 0 Å². The maximum atomic E-state index is 11.9. The van der Waals surface area contributed by atoms with Gasteiger partial charge in [0.1, 0.15) is 6.04 Å². The van der Waals surface area contributed by atoms with Gasteiger partial charge in [-0.05, 0) is 6.92 Å². The molecular weight excluding hydrogens is 236 g/mol. The van der Waals surface area contributed by atoms with Crippen LogP contribution in [0.2, 0.25) is 0 Å². The molecule has 1 aliphatic heterocycles. The molecule has 1 aliphatic rings. The van der Waals surface area contributed by atoms with Crippen molar-refractivity contribution in [2.45, 2.75) is 13.0 Å². The van der Waals surface area contributed by atoms with Crippen molar-refractivity contribution in [3.63, 3.8) is 0 Å². The van der Waals surface area contributed by atoms with Crippen molar-refractivity contribution in [3.8, 4) is 0 Å². The van der Waals surface area contributed by atoms with Crippen molar-refractivity contribution in [2.24, 2.45) is 0 Å². The van der Waals surface area contributed by atoms with Crippen LogP contribution in [0.5, 0.6) is 0 Å². The molecule has 0 unspecified atom stereocenters. The van der Waals surface area contributed by atoms with Crippen molar-refractivity contribution >= 4 is 23.6 Å². The van der Waals surface area contributed by atoms with Crippen LogP contribution in [-0.2, 0) is 9.59 Å². The Balaban J connectivity index is 2.69. The number of thioether (sulfide) groups is 1. The number of likely N-dealkylation sites (N-methyl/N-ethyl adjacent to an activating group) is 1. The third kappa shape index (κ3) is 3.63. The maximum absolute atomic E-state index is 11.9. The van der Waals surface area contributed by atoms with E-state index in [0.717, 1.165) is 0 Å². The van der Waals surface area contributed by atoms with E-state index < -0.39 is 0 Å². The summed E-state index contributed by atoms with van der Waals surface area (Å²) in [4.78, 5) is 26.9. The summed E-state index contributed by atoms with van der Waals surface area (Å²) in [6.45, 7) is 1.89. The molecule has 2 amide bonds. The molecule has 0 N–H and O–H groups in total. The van der Waals surface area contributed by atoms with E-state index in [2.05, 4.69) is 0 Å². The summed E-state index contributed by atoms with van der Waals surface area (Å²) < 4.78 is 0. The van der Waals surface area contributed by atoms with Crippen LogP contribution in [0.4, 0.5) is 0 Å². The highest BCUT2D eigenvalue weighted by atomic mass is 32.2. The smallest absolute Gasteiger partial charge is 0.247 e. The van der Waals surface area contributed by atoms with Crippen LogP contribution in [0.1, 0.15) is 6.92 Å². The molecule has 0 bridgehead atoms. The van der Waals surface area contributed by atoms with Gasteiger partial charge in [0.15, 0.2) is 0 Å². The molecule has 17 heavy (non-hydrogen) atoms. The Morgan fingerprint density at radius 1 is 1.35 bits per heavy atom. The third-order valence-electron chi connectivity index (χ3n) is 2.43. The molecule has 0 saturated carbocycles. The van der Waals surface area contributed by atoms with E-state index in [1.807, 2.05) is 13.0 Å². The second-order valence-electron chi connectivity index (χ2n) is 3.94. The molecule has 0 aromatic rings. The molecule has 0 aromatic carbocycles. The van der Waals surface area contributed by atoms with Crippen molar-refractivity contribution in [2.75, 3.05) is 25.7 Å². The highest BCUT2D eigenvalue weighted by Gasteiger charge is 2.34. The Hall–Kier alpha value is -1.23. The van der Waals surface area contributed by atoms with Crippen molar-refractivity contribution in [1.82, 2.24) is 9.80 Å². The van der Waals surface area contributed by atoms with Crippen molar-refractivity contribution in [3.05, 3.63) is 24.3 Å². The molecule has 1 rings (SSSR count). The van der Waals surface area contributed by atoms with Crippen molar-refractivity contribution in [1.29, 1.82) is 0 Å². The van der Waals surface area contributed by atoms with E-state index >= 15 is 0 Å². The fourth-order valence-electron chi connectivity index (χ4n) is 1.51. The lowest BCUT2D eigenvalue weighted by Crippen LogP contribution is -2.46. The molecule has 1 fully saturated rings. The zero-order valence-corrected chi connectivity index (χ0v) is 11.2. The Morgan fingerprint density at radius 2 is 2.06 bits per heavy atom. The molecule has 0 radical (unpaired) electrons. The number of allylic oxidation sites excluding steroid dienone is 3. The molecule has 5 heteroatoms. The van der Waals surface area contributed by atoms with Crippen molar-refractivity contribution < 1.29 is 9.59 Å². The van der Waals surface area contributed by atoms with E-state index in [-0.39, 0.29) is 17.9 Å². The molecule has 1 heterocycles. The zero-order valence-electron chi connectivity index (χ0n) is 10.4. The predicted molar refractivity (Wildman–Crippen MR) is 70.6 cm³/mol. The van der Waals surface area contributed by atoms with E-state index in [9.17, 15) is 9.59 Å². The monoisotopic (exact) mass is 254 g/mol. The van der Waals surface area contributed by atoms with Gasteiger partial charge in [0.2, 0.25) is 11.8 Å². The van der Waals surface area contributed by atoms with E-state index in [0.29, 0.717) is 11.6 Å². The first-order valence-electron chi connectivity index (χ1n) is 5.46. The third-order valence-corrected chi connectivity index (χ3v) is 3.45. The minimum absolute atomic E-state index is 0.0113. The number of carbonyl (C=O) groups is 2. The minimum atomic E-state index is -0.322. The van der Waals surface area contributed by atoms with Crippen LogP contribution in [-0.4, -0.2) is 53.4 Å². The van der Waals surface area contributed by atoms with Gasteiger partial charge in [0.05, 0.1) is 5.88 Å². The van der Waals surface area contributed by atoms with Gasteiger partial charge >= 0.3 is 0 Å². The average molecular weight is 254 g/mol. The van der Waals surface area contributed by atoms with E-state index in [1.54, 1.807) is 42.9 Å². The quantitative estimate of drug-likeness (QED) is 0.559. The highest BCUT2D eigenvalue weighted by molar-refractivity contribution is 7.99. The second-order valence-corrected chi connectivity index (χ2v) is 4.94. The first-order chi connectivity index (χ1) is 8.07. The van der Waals surface area contributed by atoms with Gasteiger partial charge in [-0.2, -0.15) is 0 Å². The standard InChI is InChI=1S/C12H18N2O2S/c1-4-5-6-7-11(15)14-9-17-8-10(14)12(16)13(2)3/h4-7,10H,8-9H2,1-3H3/b5-4+,7-6+/t10-/m0/s1. The summed E-state index contributed by atoms with van der Waals surface area (Å²) in [5, 5.41) is 0. The predicted octanol–water partition coefficient (Wildman–Crippen LogP) is 1.11. The number of hydrogen-bond donors (Lipinski definition) is 0. The molecule has 1 atom stereocenters. The van der Waals surface area contributed by atoms with Crippen LogP contribution >= 0.6 is 11.8 Å². The van der Waals surface area contributed by atoms with Gasteiger partial charge < -0.3 is 9.80 Å². The molecule has 1 saturated heterocycles. The SMILES string of the molecule is C/C=C/C=C/C(=O)N1CSC[C@H]1C(=O)N(C)C. The van der Waals surface area contributed by atoms with Crippen LogP contribution in [0.3, 0.4) is 0 Å². The molecular formula is C12H18N2O2S. The molecule has 4 nitrogen and oxygen atoms in total. The number of amides is 2. The Bertz CT molecular complexity index is 350. The molecule has 0 aromatic heterocycles. The number of rotatable bonds is 3. The van der Waals surface area contributed by atoms with Gasteiger partial charge in [0, 0.05) is 25.9 Å². The van der Waals surface area contributed by atoms with E-state index in [1.165, 1.54) is 11.0 Å². The summed E-state index contributed by atoms with van der Waals surface area (Å²) in [6.07, 6.45) is 6.85. The summed E-state index contributed by atoms with van der Waals surface area (Å²) in [6, 6.07) is -0.322. The fourth-order valence-corrected chi connectivity index (χ4v) is 2.66. The first-order valence-corrected chi connectivity index (χ1v) is 6.62. The van der Waals surface area contributed by atoms with Gasteiger partial charge in [-0.25, -0.2) is 0 Å². The summed E-state index contributed by atoms with van der Waals surface area (Å²) in [7, 11) is 3.42. The number of carbonyl (C=O) groups excluding carboxylic acids is 2. The van der Waals surface area contributed by atoms with Gasteiger partial charge in [-0.15, -0.1) is 11.8 Å². The van der Waals surface area contributed by atoms with Crippen LogP contribution in [0, 0.1) is 0 Å². The van der Waals surface area contributed by atoms with Crippen LogP contribution < -0.4 is 0 Å². The summed E-state index contributed by atoms with van der Waals surface area (Å²) >= 11 is 1.61. The first kappa shape index (κ1) is 13.8. The summed E-state index contributed by atoms with van der Waals surface area (Å²) in [5.41, 5.74) is 0. The molecule has 0 aliphatic carbocycles. The summed E-state index contributed by atoms with van der Waals surface area (Å²) in [5.74, 6) is 1.15. The average Bonchev–Trinajstić information content (AvgIpc) is 2.76. The lowest BCUT2D eigenvalue weighted by Gasteiger charge is -2.24. The lowest BCUT2D eigenvalue weighted by atomic mass is 10.2. The van der Waals surface area contributed by atoms with Crippen LogP contribution in [0.15, 0.2) is 24.3 Å². The molecule has 94 valence electrons. The normalized spacial score (nSPS) is 20.4. The fraction of sp³-hybridized carbons (Fsp3) is 0.500. The van der Waals surface area contributed by atoms with Gasteiger partial charge in [0.25, 0.3) is 0 Å². The van der Waals surface area contributed by atoms with Gasteiger partial charge in [-0.1, -0.05) is 18.2 Å². The zero-order chi connectivity index (χ0) is 12.8. The number of hydrogen-bond acceptors (Lipinski definition) is 3.